The third-order valence-electron chi connectivity index (χ3n) is 4.76. The monoisotopic (exact) mass is 470 g/mol. The SMILES string of the molecule is Fc1cc(-c2cc(F)c(F)c3c(F)c(F)c(F)c(F)c23)c2c(F)c(F)c(F)c(F)c2c1F. The van der Waals surface area contributed by atoms with Crippen LogP contribution >= 0.6 is 0 Å². The second kappa shape index (κ2) is 7.04. The fourth-order valence-corrected chi connectivity index (χ4v) is 3.37. The van der Waals surface area contributed by atoms with Crippen LogP contribution in [0.25, 0.3) is 32.7 Å². The number of fused-ring (bicyclic) bond motifs is 2. The zero-order valence-corrected chi connectivity index (χ0v) is 14.7. The minimum atomic E-state index is -2.56. The predicted octanol–water partition coefficient (Wildman–Crippen LogP) is 7.33. The molecule has 0 fully saturated rings. The molecular weight excluding hydrogens is 468 g/mol. The lowest BCUT2D eigenvalue weighted by molar-refractivity contribution is 0.414. The zero-order chi connectivity index (χ0) is 23.8. The average Bonchev–Trinajstić information content (AvgIpc) is 2.76. The Kier molecular flexibility index (Phi) is 4.79. The lowest BCUT2D eigenvalue weighted by atomic mass is 9.91. The first-order valence-electron chi connectivity index (χ1n) is 8.17. The van der Waals surface area contributed by atoms with E-state index in [0.717, 1.165) is 0 Å². The van der Waals surface area contributed by atoms with Gasteiger partial charge >= 0.3 is 0 Å². The summed E-state index contributed by atoms with van der Waals surface area (Å²) in [4.78, 5) is 0. The van der Waals surface area contributed by atoms with E-state index in [1.54, 1.807) is 0 Å². The van der Waals surface area contributed by atoms with E-state index in [-0.39, 0.29) is 12.1 Å². The van der Waals surface area contributed by atoms with Gasteiger partial charge in [-0.25, -0.2) is 52.7 Å². The van der Waals surface area contributed by atoms with E-state index >= 15 is 0 Å². The van der Waals surface area contributed by atoms with Gasteiger partial charge in [-0.3, -0.25) is 0 Å². The van der Waals surface area contributed by atoms with Crippen LogP contribution < -0.4 is 0 Å². The van der Waals surface area contributed by atoms with Crippen LogP contribution in [-0.4, -0.2) is 0 Å². The van der Waals surface area contributed by atoms with Gasteiger partial charge in [0.15, 0.2) is 69.8 Å². The molecule has 0 N–H and O–H groups in total. The maximum Gasteiger partial charge on any atom is 0.198 e. The first kappa shape index (κ1) is 21.8. The summed E-state index contributed by atoms with van der Waals surface area (Å²) < 4.78 is 168. The molecule has 0 aromatic heterocycles. The smallest absolute Gasteiger partial charge is 0.198 e. The van der Waals surface area contributed by atoms with E-state index in [2.05, 4.69) is 0 Å². The molecule has 4 aromatic rings. The van der Waals surface area contributed by atoms with Crippen LogP contribution in [0.2, 0.25) is 0 Å². The van der Waals surface area contributed by atoms with Gasteiger partial charge in [0.05, 0.1) is 10.8 Å². The van der Waals surface area contributed by atoms with Crippen LogP contribution in [0, 0.1) is 69.8 Å². The zero-order valence-electron chi connectivity index (χ0n) is 14.7. The second-order valence-corrected chi connectivity index (χ2v) is 6.45. The molecule has 166 valence electrons. The van der Waals surface area contributed by atoms with Gasteiger partial charge in [0, 0.05) is 10.8 Å². The maximum absolute atomic E-state index is 14.5. The van der Waals surface area contributed by atoms with Crippen LogP contribution in [-0.2, 0) is 0 Å². The summed E-state index contributed by atoms with van der Waals surface area (Å²) in [5, 5.41) is -6.95. The molecule has 12 heteroatoms. The largest absolute Gasteiger partial charge is 0.204 e. The molecule has 4 aromatic carbocycles. The number of hydrogen-bond acceptors (Lipinski definition) is 0. The molecule has 4 rings (SSSR count). The molecular formula is C20H2F12. The quantitative estimate of drug-likeness (QED) is 0.155. The Hall–Kier alpha value is -3.44. The highest BCUT2D eigenvalue weighted by atomic mass is 19.2. The van der Waals surface area contributed by atoms with Gasteiger partial charge in [0.1, 0.15) is 0 Å². The van der Waals surface area contributed by atoms with Crippen LogP contribution in [0.4, 0.5) is 52.7 Å². The van der Waals surface area contributed by atoms with Gasteiger partial charge in [0.2, 0.25) is 0 Å². The standard InChI is InChI=1S/C20H2F12/c21-5-1-3(7-9(11(5)23)15(27)19(31)17(29)13(7)25)4-2-6(22)12(24)10-8(4)14(26)18(30)20(32)16(10)28/h1-2H. The molecule has 32 heavy (non-hydrogen) atoms. The van der Waals surface area contributed by atoms with Crippen molar-refractivity contribution in [2.24, 2.45) is 0 Å². The molecule has 0 nitrogen and oxygen atoms in total. The number of rotatable bonds is 1. The van der Waals surface area contributed by atoms with E-state index in [1.165, 1.54) is 0 Å². The fraction of sp³-hybridized carbons (Fsp3) is 0. The fourth-order valence-electron chi connectivity index (χ4n) is 3.37. The van der Waals surface area contributed by atoms with E-state index < -0.39 is 102 Å². The average molecular weight is 470 g/mol. The predicted molar refractivity (Wildman–Crippen MR) is 86.4 cm³/mol. The molecule has 0 aliphatic carbocycles. The van der Waals surface area contributed by atoms with E-state index in [4.69, 9.17) is 0 Å². The molecule has 0 atom stereocenters. The first-order valence-corrected chi connectivity index (χ1v) is 8.17. The maximum atomic E-state index is 14.5. The van der Waals surface area contributed by atoms with Gasteiger partial charge in [-0.05, 0) is 23.3 Å². The summed E-state index contributed by atoms with van der Waals surface area (Å²) in [7, 11) is 0. The highest BCUT2D eigenvalue weighted by Crippen LogP contribution is 2.43. The van der Waals surface area contributed by atoms with Crippen molar-refractivity contribution in [3.05, 3.63) is 81.9 Å². The summed E-state index contributed by atoms with van der Waals surface area (Å²) in [5.41, 5.74) is -2.69. The summed E-state index contributed by atoms with van der Waals surface area (Å²) in [6.45, 7) is 0. The summed E-state index contributed by atoms with van der Waals surface area (Å²) in [6, 6.07) is -0.162. The normalized spacial score (nSPS) is 11.8. The molecule has 0 aliphatic rings. The highest BCUT2D eigenvalue weighted by molar-refractivity contribution is 6.06. The second-order valence-electron chi connectivity index (χ2n) is 6.45. The Morgan fingerprint density at radius 1 is 0.281 bits per heavy atom. The summed E-state index contributed by atoms with van der Waals surface area (Å²) in [6.07, 6.45) is 0. The molecule has 0 saturated heterocycles. The van der Waals surface area contributed by atoms with E-state index in [9.17, 15) is 52.7 Å². The number of benzene rings is 4. The Labute approximate surface area is 168 Å². The van der Waals surface area contributed by atoms with Crippen molar-refractivity contribution in [1.82, 2.24) is 0 Å². The minimum Gasteiger partial charge on any atom is -0.204 e. The van der Waals surface area contributed by atoms with Crippen LogP contribution in [0.1, 0.15) is 0 Å². The van der Waals surface area contributed by atoms with Gasteiger partial charge in [-0.1, -0.05) is 0 Å². The van der Waals surface area contributed by atoms with Crippen LogP contribution in [0.15, 0.2) is 12.1 Å². The molecule has 0 radical (unpaired) electrons. The van der Waals surface area contributed by atoms with Crippen LogP contribution in [0.5, 0.6) is 0 Å². The molecule has 0 saturated carbocycles. The molecule has 0 aliphatic heterocycles. The Morgan fingerprint density at radius 2 is 0.531 bits per heavy atom. The van der Waals surface area contributed by atoms with Crippen molar-refractivity contribution < 1.29 is 52.7 Å². The van der Waals surface area contributed by atoms with Crippen molar-refractivity contribution in [2.75, 3.05) is 0 Å². The molecule has 0 unspecified atom stereocenters. The first-order chi connectivity index (χ1) is 14.9. The molecule has 0 amide bonds. The lowest BCUT2D eigenvalue weighted by Crippen LogP contribution is -2.06. The molecule has 0 heterocycles. The Bertz CT molecular complexity index is 1380. The lowest BCUT2D eigenvalue weighted by Gasteiger charge is -2.16. The Morgan fingerprint density at radius 3 is 0.812 bits per heavy atom. The van der Waals surface area contributed by atoms with Crippen molar-refractivity contribution in [2.45, 2.75) is 0 Å². The van der Waals surface area contributed by atoms with Crippen molar-refractivity contribution >= 4 is 21.5 Å². The van der Waals surface area contributed by atoms with Gasteiger partial charge in [-0.15, -0.1) is 0 Å². The van der Waals surface area contributed by atoms with Crippen molar-refractivity contribution in [1.29, 1.82) is 0 Å². The molecule has 0 spiro atoms. The van der Waals surface area contributed by atoms with Crippen LogP contribution in [0.3, 0.4) is 0 Å². The number of hydrogen-bond donors (Lipinski definition) is 0. The third kappa shape index (κ3) is 2.67. The summed E-state index contributed by atoms with van der Waals surface area (Å²) in [5.74, 6) is -28.5. The highest BCUT2D eigenvalue weighted by Gasteiger charge is 2.31. The van der Waals surface area contributed by atoms with E-state index in [0.29, 0.717) is 0 Å². The summed E-state index contributed by atoms with van der Waals surface area (Å²) >= 11 is 0. The topological polar surface area (TPSA) is 0 Å². The van der Waals surface area contributed by atoms with Crippen molar-refractivity contribution in [3.63, 3.8) is 0 Å². The Balaban J connectivity index is 2.37. The third-order valence-corrected chi connectivity index (χ3v) is 4.76. The van der Waals surface area contributed by atoms with Gasteiger partial charge in [0.25, 0.3) is 0 Å². The van der Waals surface area contributed by atoms with E-state index in [1.807, 2.05) is 0 Å². The van der Waals surface area contributed by atoms with Crippen molar-refractivity contribution in [3.8, 4) is 11.1 Å². The van der Waals surface area contributed by atoms with Gasteiger partial charge < -0.3 is 0 Å². The number of halogens is 12. The van der Waals surface area contributed by atoms with Gasteiger partial charge in [-0.2, -0.15) is 0 Å². The molecule has 0 bridgehead atoms. The minimum absolute atomic E-state index is 0.0811.